The fourth-order valence-corrected chi connectivity index (χ4v) is 1.15. The highest BCUT2D eigenvalue weighted by Crippen LogP contribution is 2.12. The van der Waals surface area contributed by atoms with Gasteiger partial charge in [-0.15, -0.1) is 6.58 Å². The number of nitrogens with zero attached hydrogens (tertiary/aromatic N) is 2. The molecule has 0 aliphatic rings. The zero-order valence-electron chi connectivity index (χ0n) is 9.07. The first-order valence-corrected chi connectivity index (χ1v) is 5.13. The average molecular weight is 207 g/mol. The second-order valence-corrected chi connectivity index (χ2v) is 3.22. The fourth-order valence-electron chi connectivity index (χ4n) is 1.15. The molecule has 82 valence electrons. The molecule has 0 aliphatic carbocycles. The zero-order chi connectivity index (χ0) is 11.1. The van der Waals surface area contributed by atoms with Gasteiger partial charge in [0.05, 0.1) is 6.61 Å². The molecule has 0 saturated heterocycles. The van der Waals surface area contributed by atoms with Crippen LogP contribution < -0.4 is 10.5 Å². The van der Waals surface area contributed by atoms with Crippen molar-refractivity contribution in [3.8, 4) is 5.88 Å². The Labute approximate surface area is 90.2 Å². The summed E-state index contributed by atoms with van der Waals surface area (Å²) < 4.78 is 5.41. The lowest BCUT2D eigenvalue weighted by Crippen LogP contribution is -2.04. The van der Waals surface area contributed by atoms with Gasteiger partial charge >= 0.3 is 0 Å². The first kappa shape index (κ1) is 11.5. The first-order valence-electron chi connectivity index (χ1n) is 5.13. The van der Waals surface area contributed by atoms with E-state index in [4.69, 9.17) is 10.5 Å². The van der Waals surface area contributed by atoms with Gasteiger partial charge in [-0.05, 0) is 12.8 Å². The molecule has 0 aromatic carbocycles. The molecule has 0 atom stereocenters. The highest BCUT2D eigenvalue weighted by Gasteiger charge is 2.02. The van der Waals surface area contributed by atoms with Gasteiger partial charge in [-0.2, -0.15) is 4.98 Å². The van der Waals surface area contributed by atoms with Gasteiger partial charge in [0.25, 0.3) is 0 Å². The SMILES string of the molecule is C=CCCOc1cc(N)nc(CCC)n1. The lowest BCUT2D eigenvalue weighted by atomic mass is 10.3. The third kappa shape index (κ3) is 3.97. The number of aromatic nitrogens is 2. The Kier molecular flexibility index (Phi) is 4.60. The maximum absolute atomic E-state index is 5.64. The molecule has 0 bridgehead atoms. The zero-order valence-corrected chi connectivity index (χ0v) is 9.07. The van der Waals surface area contributed by atoms with E-state index in [9.17, 15) is 0 Å². The van der Waals surface area contributed by atoms with Crippen LogP contribution in [0.2, 0.25) is 0 Å². The maximum atomic E-state index is 5.64. The molecule has 1 aromatic heterocycles. The minimum Gasteiger partial charge on any atom is -0.477 e. The van der Waals surface area contributed by atoms with Crippen molar-refractivity contribution in [2.24, 2.45) is 0 Å². The van der Waals surface area contributed by atoms with Crippen LogP contribution in [0.5, 0.6) is 5.88 Å². The van der Waals surface area contributed by atoms with E-state index in [2.05, 4.69) is 23.5 Å². The Balaban J connectivity index is 2.65. The topological polar surface area (TPSA) is 61.0 Å². The van der Waals surface area contributed by atoms with Crippen LogP contribution >= 0.6 is 0 Å². The van der Waals surface area contributed by atoms with E-state index in [-0.39, 0.29) is 0 Å². The van der Waals surface area contributed by atoms with Gasteiger partial charge in [0.15, 0.2) is 0 Å². The summed E-state index contributed by atoms with van der Waals surface area (Å²) in [5, 5.41) is 0. The quantitative estimate of drug-likeness (QED) is 0.572. The number of hydrogen-bond donors (Lipinski definition) is 1. The predicted molar refractivity (Wildman–Crippen MR) is 60.7 cm³/mol. The van der Waals surface area contributed by atoms with E-state index in [1.165, 1.54) is 0 Å². The molecule has 0 unspecified atom stereocenters. The molecule has 1 rings (SSSR count). The molecule has 0 fully saturated rings. The van der Waals surface area contributed by atoms with Crippen molar-refractivity contribution in [2.75, 3.05) is 12.3 Å². The van der Waals surface area contributed by atoms with Crippen LogP contribution in [0.15, 0.2) is 18.7 Å². The second-order valence-electron chi connectivity index (χ2n) is 3.22. The van der Waals surface area contributed by atoms with Crippen molar-refractivity contribution in [3.05, 3.63) is 24.5 Å². The number of hydrogen-bond acceptors (Lipinski definition) is 4. The average Bonchev–Trinajstić information content (AvgIpc) is 2.18. The molecule has 15 heavy (non-hydrogen) atoms. The summed E-state index contributed by atoms with van der Waals surface area (Å²) in [7, 11) is 0. The Morgan fingerprint density at radius 3 is 3.00 bits per heavy atom. The third-order valence-electron chi connectivity index (χ3n) is 1.81. The molecule has 0 saturated carbocycles. The Bertz CT molecular complexity index is 326. The standard InChI is InChI=1S/C11H17N3O/c1-3-5-7-15-11-8-9(12)13-10(14-11)6-4-2/h3,8H,1,4-7H2,2H3,(H2,12,13,14). The van der Waals surface area contributed by atoms with Crippen LogP contribution in [0.1, 0.15) is 25.6 Å². The maximum Gasteiger partial charge on any atom is 0.218 e. The lowest BCUT2D eigenvalue weighted by Gasteiger charge is -2.06. The van der Waals surface area contributed by atoms with E-state index in [1.54, 1.807) is 12.1 Å². The van der Waals surface area contributed by atoms with Crippen molar-refractivity contribution in [1.82, 2.24) is 9.97 Å². The first-order chi connectivity index (χ1) is 7.26. The Morgan fingerprint density at radius 2 is 2.33 bits per heavy atom. The van der Waals surface area contributed by atoms with Crippen molar-refractivity contribution in [2.45, 2.75) is 26.2 Å². The van der Waals surface area contributed by atoms with Crippen LogP contribution in [0, 0.1) is 0 Å². The van der Waals surface area contributed by atoms with Crippen LogP contribution in [-0.2, 0) is 6.42 Å². The number of aryl methyl sites for hydroxylation is 1. The third-order valence-corrected chi connectivity index (χ3v) is 1.81. The Hall–Kier alpha value is -1.58. The van der Waals surface area contributed by atoms with E-state index < -0.39 is 0 Å². The van der Waals surface area contributed by atoms with E-state index in [0.29, 0.717) is 18.3 Å². The van der Waals surface area contributed by atoms with Crippen LogP contribution in [-0.4, -0.2) is 16.6 Å². The van der Waals surface area contributed by atoms with Crippen molar-refractivity contribution < 1.29 is 4.74 Å². The molecular weight excluding hydrogens is 190 g/mol. The molecule has 4 nitrogen and oxygen atoms in total. The van der Waals surface area contributed by atoms with Crippen LogP contribution in [0.3, 0.4) is 0 Å². The summed E-state index contributed by atoms with van der Waals surface area (Å²) in [5.41, 5.74) is 5.64. The fraction of sp³-hybridized carbons (Fsp3) is 0.455. The van der Waals surface area contributed by atoms with E-state index in [1.807, 2.05) is 0 Å². The molecule has 0 aliphatic heterocycles. The summed E-state index contributed by atoms with van der Waals surface area (Å²) in [5.74, 6) is 1.75. The number of nitrogen functional groups attached to an aromatic ring is 1. The van der Waals surface area contributed by atoms with Gasteiger partial charge in [-0.3, -0.25) is 0 Å². The normalized spacial score (nSPS) is 9.93. The van der Waals surface area contributed by atoms with Crippen molar-refractivity contribution in [1.29, 1.82) is 0 Å². The largest absolute Gasteiger partial charge is 0.477 e. The smallest absolute Gasteiger partial charge is 0.218 e. The number of ether oxygens (including phenoxy) is 1. The van der Waals surface area contributed by atoms with Gasteiger partial charge in [-0.25, -0.2) is 4.98 Å². The second kappa shape index (κ2) is 6.01. The molecule has 1 aromatic rings. The molecule has 0 spiro atoms. The summed E-state index contributed by atoms with van der Waals surface area (Å²) in [6.45, 7) is 6.27. The van der Waals surface area contributed by atoms with Gasteiger partial charge in [0, 0.05) is 12.5 Å². The molecule has 1 heterocycles. The van der Waals surface area contributed by atoms with Gasteiger partial charge < -0.3 is 10.5 Å². The summed E-state index contributed by atoms with van der Waals surface area (Å²) in [4.78, 5) is 8.37. The molecule has 0 amide bonds. The summed E-state index contributed by atoms with van der Waals surface area (Å²) >= 11 is 0. The van der Waals surface area contributed by atoms with Crippen molar-refractivity contribution >= 4 is 5.82 Å². The predicted octanol–water partition coefficient (Wildman–Crippen LogP) is 1.97. The summed E-state index contributed by atoms with van der Waals surface area (Å²) in [6.07, 6.45) is 4.42. The number of nitrogens with two attached hydrogens (primary N) is 1. The Morgan fingerprint density at radius 1 is 1.53 bits per heavy atom. The van der Waals surface area contributed by atoms with Crippen LogP contribution in [0.25, 0.3) is 0 Å². The van der Waals surface area contributed by atoms with Gasteiger partial charge in [-0.1, -0.05) is 13.0 Å². The molecular formula is C11H17N3O. The highest BCUT2D eigenvalue weighted by molar-refractivity contribution is 5.32. The van der Waals surface area contributed by atoms with E-state index >= 15 is 0 Å². The highest BCUT2D eigenvalue weighted by atomic mass is 16.5. The van der Waals surface area contributed by atoms with Gasteiger partial charge in [0.1, 0.15) is 11.6 Å². The monoisotopic (exact) mass is 207 g/mol. The minimum absolute atomic E-state index is 0.460. The van der Waals surface area contributed by atoms with Crippen molar-refractivity contribution in [3.63, 3.8) is 0 Å². The number of anilines is 1. The number of rotatable bonds is 6. The summed E-state index contributed by atoms with van der Waals surface area (Å²) in [6, 6.07) is 1.64. The van der Waals surface area contributed by atoms with Gasteiger partial charge in [0.2, 0.25) is 5.88 Å². The lowest BCUT2D eigenvalue weighted by molar-refractivity contribution is 0.311. The van der Waals surface area contributed by atoms with E-state index in [0.717, 1.165) is 25.1 Å². The minimum atomic E-state index is 0.460. The molecule has 2 N–H and O–H groups in total. The molecule has 0 radical (unpaired) electrons. The van der Waals surface area contributed by atoms with Crippen LogP contribution in [0.4, 0.5) is 5.82 Å². The molecule has 4 heteroatoms.